The van der Waals surface area contributed by atoms with Gasteiger partial charge in [-0.3, -0.25) is 0 Å². The number of anilines is 2. The highest BCUT2D eigenvalue weighted by Gasteiger charge is 2.13. The number of halogens is 4. The monoisotopic (exact) mass is 502 g/mol. The zero-order valence-corrected chi connectivity index (χ0v) is 20.3. The van der Waals surface area contributed by atoms with E-state index in [-0.39, 0.29) is 12.4 Å². The topological polar surface area (TPSA) is 58.3 Å². The Balaban J connectivity index is 0.00000320. The SMILES string of the molecule is Cc1cc(NCC(O)c2cc(Cl)c(N)c(Cl)c2)cc(C)c1Sc1ccc(Cl)cc1.Cl. The fourth-order valence-electron chi connectivity index (χ4n) is 2.96. The number of benzene rings is 3. The summed E-state index contributed by atoms with van der Waals surface area (Å²) in [6, 6.07) is 15.2. The Bertz CT molecular complexity index is 982. The molecule has 8 heteroatoms. The Morgan fingerprint density at radius 1 is 0.967 bits per heavy atom. The van der Waals surface area contributed by atoms with E-state index in [1.807, 2.05) is 24.3 Å². The molecule has 1 atom stereocenters. The van der Waals surface area contributed by atoms with Crippen LogP contribution < -0.4 is 11.1 Å². The van der Waals surface area contributed by atoms with Crippen LogP contribution in [0.2, 0.25) is 15.1 Å². The molecule has 0 spiro atoms. The van der Waals surface area contributed by atoms with Gasteiger partial charge in [-0.2, -0.15) is 0 Å². The van der Waals surface area contributed by atoms with Gasteiger partial charge in [0.25, 0.3) is 0 Å². The highest BCUT2D eigenvalue weighted by Crippen LogP contribution is 2.36. The minimum atomic E-state index is -0.769. The number of rotatable bonds is 6. The number of nitrogens with two attached hydrogens (primary N) is 1. The maximum absolute atomic E-state index is 10.5. The molecule has 160 valence electrons. The molecule has 0 aliphatic carbocycles. The van der Waals surface area contributed by atoms with Gasteiger partial charge in [0.2, 0.25) is 0 Å². The van der Waals surface area contributed by atoms with Crippen molar-refractivity contribution < 1.29 is 5.11 Å². The first-order valence-corrected chi connectivity index (χ1v) is 10.9. The third kappa shape index (κ3) is 6.13. The second kappa shape index (κ2) is 10.9. The van der Waals surface area contributed by atoms with Crippen LogP contribution in [0.4, 0.5) is 11.4 Å². The molecule has 0 radical (unpaired) electrons. The van der Waals surface area contributed by atoms with Gasteiger partial charge < -0.3 is 16.2 Å². The molecular weight excluding hydrogens is 482 g/mol. The fraction of sp³-hybridized carbons (Fsp3) is 0.182. The van der Waals surface area contributed by atoms with Crippen LogP contribution in [-0.4, -0.2) is 11.7 Å². The van der Waals surface area contributed by atoms with Crippen LogP contribution in [0.3, 0.4) is 0 Å². The average molecular weight is 504 g/mol. The molecule has 3 rings (SSSR count). The average Bonchev–Trinajstić information content (AvgIpc) is 2.68. The Kier molecular flexibility index (Phi) is 9.04. The Morgan fingerprint density at radius 2 is 1.50 bits per heavy atom. The van der Waals surface area contributed by atoms with E-state index in [0.29, 0.717) is 27.8 Å². The van der Waals surface area contributed by atoms with E-state index in [9.17, 15) is 5.11 Å². The molecule has 0 aromatic heterocycles. The lowest BCUT2D eigenvalue weighted by atomic mass is 10.1. The van der Waals surface area contributed by atoms with E-state index < -0.39 is 6.10 Å². The molecule has 0 heterocycles. The molecule has 0 saturated carbocycles. The summed E-state index contributed by atoms with van der Waals surface area (Å²) in [4.78, 5) is 2.34. The summed E-state index contributed by atoms with van der Waals surface area (Å²) < 4.78 is 0. The van der Waals surface area contributed by atoms with Gasteiger partial charge in [0, 0.05) is 27.0 Å². The van der Waals surface area contributed by atoms with E-state index in [4.69, 9.17) is 40.5 Å². The summed E-state index contributed by atoms with van der Waals surface area (Å²) in [7, 11) is 0. The molecule has 1 unspecified atom stereocenters. The first kappa shape index (κ1) is 25.0. The van der Waals surface area contributed by atoms with Crippen molar-refractivity contribution in [2.75, 3.05) is 17.6 Å². The van der Waals surface area contributed by atoms with E-state index in [2.05, 4.69) is 31.3 Å². The van der Waals surface area contributed by atoms with Crippen LogP contribution in [0.1, 0.15) is 22.8 Å². The van der Waals surface area contributed by atoms with Gasteiger partial charge in [-0.1, -0.05) is 46.6 Å². The minimum absolute atomic E-state index is 0. The maximum atomic E-state index is 10.5. The zero-order valence-electron chi connectivity index (χ0n) is 16.4. The molecule has 30 heavy (non-hydrogen) atoms. The van der Waals surface area contributed by atoms with Crippen molar-refractivity contribution in [1.29, 1.82) is 0 Å². The lowest BCUT2D eigenvalue weighted by Gasteiger charge is -2.17. The number of nitrogen functional groups attached to an aromatic ring is 1. The number of aliphatic hydroxyl groups is 1. The first-order chi connectivity index (χ1) is 13.7. The summed E-state index contributed by atoms with van der Waals surface area (Å²) in [6.45, 7) is 4.47. The van der Waals surface area contributed by atoms with Crippen LogP contribution in [-0.2, 0) is 0 Å². The summed E-state index contributed by atoms with van der Waals surface area (Å²) in [5.41, 5.74) is 9.93. The maximum Gasteiger partial charge on any atom is 0.0963 e. The summed E-state index contributed by atoms with van der Waals surface area (Å²) >= 11 is 19.8. The first-order valence-electron chi connectivity index (χ1n) is 8.95. The predicted octanol–water partition coefficient (Wildman–Crippen LogP) is 7.56. The van der Waals surface area contributed by atoms with Crippen molar-refractivity contribution in [3.8, 4) is 0 Å². The molecule has 0 bridgehead atoms. The van der Waals surface area contributed by atoms with E-state index in [1.165, 1.54) is 4.90 Å². The van der Waals surface area contributed by atoms with Crippen molar-refractivity contribution in [2.24, 2.45) is 0 Å². The van der Waals surface area contributed by atoms with Crippen LogP contribution in [0, 0.1) is 13.8 Å². The minimum Gasteiger partial charge on any atom is -0.396 e. The largest absolute Gasteiger partial charge is 0.396 e. The van der Waals surface area contributed by atoms with Gasteiger partial charge in [0.05, 0.1) is 21.8 Å². The standard InChI is InChI=1S/C22H21Cl3N2OS.ClH/c1-12-7-16(8-13(2)22(12)29-17-5-3-15(23)4-6-17)27-11-20(28)14-9-18(24)21(26)19(25)10-14;/h3-10,20,27-28H,11,26H2,1-2H3;1H. The van der Waals surface area contributed by atoms with Crippen LogP contribution in [0.15, 0.2) is 58.3 Å². The van der Waals surface area contributed by atoms with Crippen LogP contribution in [0.25, 0.3) is 0 Å². The van der Waals surface area contributed by atoms with Gasteiger partial charge in [0.15, 0.2) is 0 Å². The molecule has 0 saturated heterocycles. The fourth-order valence-corrected chi connectivity index (χ4v) is 4.54. The second-order valence-corrected chi connectivity index (χ2v) is 9.12. The molecule has 3 aromatic rings. The second-order valence-electron chi connectivity index (χ2n) is 6.79. The van der Waals surface area contributed by atoms with Crippen molar-refractivity contribution in [1.82, 2.24) is 0 Å². The summed E-state index contributed by atoms with van der Waals surface area (Å²) in [5, 5.41) is 15.2. The molecule has 0 aliphatic heterocycles. The summed E-state index contributed by atoms with van der Waals surface area (Å²) in [6.07, 6.45) is -0.769. The van der Waals surface area contributed by atoms with Gasteiger partial charge in [0.1, 0.15) is 0 Å². The Hall–Kier alpha value is -1.27. The Labute approximate surface area is 202 Å². The third-order valence-electron chi connectivity index (χ3n) is 4.48. The highest BCUT2D eigenvalue weighted by atomic mass is 35.5. The molecule has 4 N–H and O–H groups in total. The molecule has 0 fully saturated rings. The normalized spacial score (nSPS) is 11.7. The molecular formula is C22H22Cl4N2OS. The van der Waals surface area contributed by atoms with Crippen molar-refractivity contribution in [2.45, 2.75) is 29.7 Å². The van der Waals surface area contributed by atoms with Crippen molar-refractivity contribution in [3.63, 3.8) is 0 Å². The molecule has 3 nitrogen and oxygen atoms in total. The smallest absolute Gasteiger partial charge is 0.0963 e. The van der Waals surface area contributed by atoms with Gasteiger partial charge in [-0.05, 0) is 79.1 Å². The van der Waals surface area contributed by atoms with E-state index in [0.717, 1.165) is 26.7 Å². The molecule has 0 amide bonds. The third-order valence-corrected chi connectivity index (χ3v) is 6.71. The van der Waals surface area contributed by atoms with Crippen molar-refractivity contribution in [3.05, 3.63) is 80.3 Å². The number of aryl methyl sites for hydroxylation is 2. The molecule has 3 aromatic carbocycles. The zero-order chi connectivity index (χ0) is 21.1. The lowest BCUT2D eigenvalue weighted by molar-refractivity contribution is 0.191. The summed E-state index contributed by atoms with van der Waals surface area (Å²) in [5.74, 6) is 0. The Morgan fingerprint density at radius 3 is 2.03 bits per heavy atom. The predicted molar refractivity (Wildman–Crippen MR) is 133 cm³/mol. The lowest BCUT2D eigenvalue weighted by Crippen LogP contribution is -2.12. The number of nitrogens with one attached hydrogen (secondary N) is 1. The number of aliphatic hydroxyl groups excluding tert-OH is 1. The van der Waals surface area contributed by atoms with Gasteiger partial charge in [-0.25, -0.2) is 0 Å². The quantitative estimate of drug-likeness (QED) is 0.303. The van der Waals surface area contributed by atoms with Gasteiger partial charge >= 0.3 is 0 Å². The van der Waals surface area contributed by atoms with E-state index >= 15 is 0 Å². The number of hydrogen-bond donors (Lipinski definition) is 3. The van der Waals surface area contributed by atoms with Crippen molar-refractivity contribution >= 4 is 70.3 Å². The van der Waals surface area contributed by atoms with Gasteiger partial charge in [-0.15, -0.1) is 12.4 Å². The molecule has 0 aliphatic rings. The highest BCUT2D eigenvalue weighted by molar-refractivity contribution is 7.99. The number of hydrogen-bond acceptors (Lipinski definition) is 4. The van der Waals surface area contributed by atoms with Crippen LogP contribution >= 0.6 is 59.0 Å². The van der Waals surface area contributed by atoms with E-state index in [1.54, 1.807) is 23.9 Å². The van der Waals surface area contributed by atoms with Crippen LogP contribution in [0.5, 0.6) is 0 Å².